The third-order valence-electron chi connectivity index (χ3n) is 7.84. The monoisotopic (exact) mass is 412 g/mol. The van der Waals surface area contributed by atoms with Crippen LogP contribution >= 0.6 is 0 Å². The first-order chi connectivity index (χ1) is 13.1. The summed E-state index contributed by atoms with van der Waals surface area (Å²) in [5.41, 5.74) is -7.85. The predicted molar refractivity (Wildman–Crippen MR) is 101 cm³/mol. The number of rotatable bonds is 2. The van der Waals surface area contributed by atoms with Crippen molar-refractivity contribution in [3.63, 3.8) is 0 Å². The molecule has 2 saturated carbocycles. The van der Waals surface area contributed by atoms with Crippen molar-refractivity contribution in [1.82, 2.24) is 0 Å². The number of aldehydes is 1. The Balaban J connectivity index is 2.33. The highest BCUT2D eigenvalue weighted by molar-refractivity contribution is 5.94. The zero-order valence-corrected chi connectivity index (χ0v) is 17.9. The summed E-state index contributed by atoms with van der Waals surface area (Å²) in [5.74, 6) is -2.16. The summed E-state index contributed by atoms with van der Waals surface area (Å²) < 4.78 is 11.4. The third kappa shape index (κ3) is 2.62. The summed E-state index contributed by atoms with van der Waals surface area (Å²) in [6.07, 6.45) is -2.89. The third-order valence-corrected chi connectivity index (χ3v) is 7.84. The van der Waals surface area contributed by atoms with E-state index in [-0.39, 0.29) is 6.42 Å². The van der Waals surface area contributed by atoms with Crippen LogP contribution in [0.3, 0.4) is 0 Å². The lowest BCUT2D eigenvalue weighted by molar-refractivity contribution is -0.370. The topological polar surface area (TPSA) is 130 Å². The Morgan fingerprint density at radius 3 is 2.31 bits per heavy atom. The number of carbonyl (C=O) groups is 3. The number of Topliss-reactive ketones (excluding diaryl/α,β-unsaturated/α-hetero) is 1. The van der Waals surface area contributed by atoms with Crippen LogP contribution in [-0.2, 0) is 23.9 Å². The number of fused-ring (bicyclic) bond motifs is 3. The molecule has 8 atom stereocenters. The molecule has 0 aromatic heterocycles. The molecular weight excluding hydrogens is 380 g/mol. The molecule has 29 heavy (non-hydrogen) atoms. The number of carbonyl (C=O) groups excluding carboxylic acids is 3. The molecule has 0 spiro atoms. The zero-order chi connectivity index (χ0) is 22.2. The maximum Gasteiger partial charge on any atom is 0.303 e. The molecule has 1 saturated heterocycles. The van der Waals surface area contributed by atoms with Crippen molar-refractivity contribution in [3.05, 3.63) is 0 Å². The van der Waals surface area contributed by atoms with Gasteiger partial charge in [0.15, 0.2) is 23.8 Å². The van der Waals surface area contributed by atoms with Crippen molar-refractivity contribution in [2.24, 2.45) is 16.7 Å². The van der Waals surface area contributed by atoms with E-state index in [4.69, 9.17) is 9.47 Å². The Hall–Kier alpha value is -1.35. The molecule has 3 N–H and O–H groups in total. The van der Waals surface area contributed by atoms with E-state index in [9.17, 15) is 29.7 Å². The molecule has 1 unspecified atom stereocenters. The van der Waals surface area contributed by atoms with E-state index in [1.807, 2.05) is 13.8 Å². The number of aliphatic hydroxyl groups is 3. The summed E-state index contributed by atoms with van der Waals surface area (Å²) in [6.45, 7) is 9.32. The van der Waals surface area contributed by atoms with Crippen LogP contribution in [0.15, 0.2) is 0 Å². The van der Waals surface area contributed by atoms with Gasteiger partial charge in [-0.1, -0.05) is 20.8 Å². The second kappa shape index (κ2) is 6.33. The molecule has 0 aromatic carbocycles. The van der Waals surface area contributed by atoms with Crippen molar-refractivity contribution >= 4 is 18.0 Å². The van der Waals surface area contributed by atoms with Gasteiger partial charge in [0.05, 0.1) is 12.2 Å². The minimum atomic E-state index is -2.29. The Morgan fingerprint density at radius 1 is 1.21 bits per heavy atom. The van der Waals surface area contributed by atoms with Gasteiger partial charge >= 0.3 is 5.97 Å². The Kier molecular flexibility index (Phi) is 4.87. The first kappa shape index (κ1) is 22.3. The van der Waals surface area contributed by atoms with Crippen molar-refractivity contribution < 1.29 is 39.2 Å². The van der Waals surface area contributed by atoms with Crippen LogP contribution < -0.4 is 0 Å². The highest BCUT2D eigenvalue weighted by Crippen LogP contribution is 2.66. The molecular formula is C21H32O8. The first-order valence-corrected chi connectivity index (χ1v) is 10.1. The molecule has 8 heteroatoms. The molecule has 3 rings (SSSR count). The van der Waals surface area contributed by atoms with Crippen LogP contribution in [0.4, 0.5) is 0 Å². The average Bonchev–Trinajstić information content (AvgIpc) is 2.59. The Labute approximate surface area is 170 Å². The summed E-state index contributed by atoms with van der Waals surface area (Å²) >= 11 is 0. The van der Waals surface area contributed by atoms with E-state index in [0.717, 1.165) is 6.92 Å². The molecule has 0 aromatic rings. The van der Waals surface area contributed by atoms with Gasteiger partial charge in [0.2, 0.25) is 0 Å². The number of hydrogen-bond donors (Lipinski definition) is 3. The molecule has 8 nitrogen and oxygen atoms in total. The minimum Gasteiger partial charge on any atom is -0.457 e. The van der Waals surface area contributed by atoms with Crippen molar-refractivity contribution in [1.29, 1.82) is 0 Å². The lowest BCUT2D eigenvalue weighted by Gasteiger charge is -2.70. The van der Waals surface area contributed by atoms with Gasteiger partial charge in [-0.05, 0) is 32.1 Å². The fourth-order valence-electron chi connectivity index (χ4n) is 6.61. The van der Waals surface area contributed by atoms with Gasteiger partial charge in [-0.25, -0.2) is 0 Å². The lowest BCUT2D eigenvalue weighted by Crippen LogP contribution is -2.87. The van der Waals surface area contributed by atoms with Gasteiger partial charge in [-0.3, -0.25) is 9.59 Å². The summed E-state index contributed by atoms with van der Waals surface area (Å²) in [4.78, 5) is 37.1. The van der Waals surface area contributed by atoms with Crippen LogP contribution in [0.2, 0.25) is 0 Å². The van der Waals surface area contributed by atoms with Crippen molar-refractivity contribution in [2.75, 3.05) is 0 Å². The maximum atomic E-state index is 13.5. The standard InChI is InChI=1S/C21H32O8/c1-11(23)28-16-14(26)15-17(2,3)8-7-12(24)19(15,5)21(27)13(25)9-18(4,10-22)29-20(16,21)6/h10,12,14-16,24,26-27H,7-9H2,1-6H3/t12-,14-,15?,16-,18+,19-,20+,21-/m0/s1. The molecule has 1 heterocycles. The highest BCUT2D eigenvalue weighted by atomic mass is 16.6. The number of hydrogen-bond acceptors (Lipinski definition) is 8. The number of aliphatic hydroxyl groups excluding tert-OH is 2. The molecule has 0 amide bonds. The van der Waals surface area contributed by atoms with Crippen molar-refractivity contribution in [3.8, 4) is 0 Å². The SMILES string of the molecule is CC(=O)O[C@H]1[C@@H](O)C2C(C)(C)CC[C@H](O)[C@]2(C)[C@@]2(O)C(=O)C[C@](C)(C=O)O[C@]12C. The summed E-state index contributed by atoms with van der Waals surface area (Å²) in [5, 5.41) is 34.5. The highest BCUT2D eigenvalue weighted by Gasteiger charge is 2.81. The van der Waals surface area contributed by atoms with E-state index in [1.165, 1.54) is 13.8 Å². The van der Waals surface area contributed by atoms with E-state index in [2.05, 4.69) is 0 Å². The van der Waals surface area contributed by atoms with Gasteiger partial charge in [-0.2, -0.15) is 0 Å². The number of esters is 1. The van der Waals surface area contributed by atoms with E-state index in [0.29, 0.717) is 19.1 Å². The largest absolute Gasteiger partial charge is 0.457 e. The van der Waals surface area contributed by atoms with Gasteiger partial charge in [0, 0.05) is 24.7 Å². The number of ether oxygens (including phenoxy) is 2. The van der Waals surface area contributed by atoms with E-state index in [1.54, 1.807) is 6.92 Å². The quantitative estimate of drug-likeness (QED) is 0.442. The van der Waals surface area contributed by atoms with Crippen LogP contribution in [0.1, 0.15) is 60.8 Å². The minimum absolute atomic E-state index is 0.321. The molecule has 3 aliphatic rings. The van der Waals surface area contributed by atoms with Gasteiger partial charge in [0.25, 0.3) is 0 Å². The predicted octanol–water partition coefficient (Wildman–Crippen LogP) is 0.533. The smallest absolute Gasteiger partial charge is 0.303 e. The molecule has 0 bridgehead atoms. The second-order valence-electron chi connectivity index (χ2n) is 10.3. The van der Waals surface area contributed by atoms with Gasteiger partial charge < -0.3 is 29.6 Å². The van der Waals surface area contributed by atoms with Gasteiger partial charge in [-0.15, -0.1) is 0 Å². The number of ketones is 1. The summed E-state index contributed by atoms with van der Waals surface area (Å²) in [7, 11) is 0. The van der Waals surface area contributed by atoms with Crippen molar-refractivity contribution in [2.45, 2.75) is 95.9 Å². The normalized spacial score (nSPS) is 51.6. The average molecular weight is 412 g/mol. The fourth-order valence-corrected chi connectivity index (χ4v) is 6.61. The molecule has 0 radical (unpaired) electrons. The van der Waals surface area contributed by atoms with E-state index < -0.39 is 63.6 Å². The molecule has 3 fully saturated rings. The Bertz CT molecular complexity index is 749. The zero-order valence-electron chi connectivity index (χ0n) is 17.9. The van der Waals surface area contributed by atoms with Crippen LogP contribution in [0.25, 0.3) is 0 Å². The van der Waals surface area contributed by atoms with Gasteiger partial charge in [0.1, 0.15) is 11.2 Å². The van der Waals surface area contributed by atoms with Crippen LogP contribution in [-0.4, -0.2) is 68.5 Å². The van der Waals surface area contributed by atoms with E-state index >= 15 is 0 Å². The molecule has 2 aliphatic carbocycles. The first-order valence-electron chi connectivity index (χ1n) is 10.1. The summed E-state index contributed by atoms with van der Waals surface area (Å²) in [6, 6.07) is 0. The second-order valence-corrected chi connectivity index (χ2v) is 10.3. The molecule has 164 valence electrons. The lowest BCUT2D eigenvalue weighted by atomic mass is 9.40. The van der Waals surface area contributed by atoms with Crippen LogP contribution in [0.5, 0.6) is 0 Å². The molecule has 1 aliphatic heterocycles. The maximum absolute atomic E-state index is 13.5. The fraction of sp³-hybridized carbons (Fsp3) is 0.857. The Morgan fingerprint density at radius 2 is 1.79 bits per heavy atom. The van der Waals surface area contributed by atoms with Crippen LogP contribution in [0, 0.1) is 16.7 Å².